The average molecular weight is 433 g/mol. The molecule has 2 heteroatoms. The summed E-state index contributed by atoms with van der Waals surface area (Å²) in [5.74, 6) is 0.702. The zero-order valence-corrected chi connectivity index (χ0v) is 19.9. The molecular weight excluding hydrogens is 400 g/mol. The number of hydrogen-bond donors (Lipinski definition) is 0. The Balaban J connectivity index is 1.39. The lowest BCUT2D eigenvalue weighted by molar-refractivity contribution is 0.224. The van der Waals surface area contributed by atoms with Crippen LogP contribution in [-0.2, 0) is 0 Å². The van der Waals surface area contributed by atoms with Crippen molar-refractivity contribution in [1.82, 2.24) is 9.97 Å². The summed E-state index contributed by atoms with van der Waals surface area (Å²) in [6.07, 6.45) is 7.14. The number of benzene rings is 2. The van der Waals surface area contributed by atoms with Crippen LogP contribution in [0.5, 0.6) is 0 Å². The second kappa shape index (κ2) is 8.94. The van der Waals surface area contributed by atoms with Crippen LogP contribution in [0.2, 0.25) is 0 Å². The lowest BCUT2D eigenvalue weighted by Crippen LogP contribution is -2.20. The monoisotopic (exact) mass is 432 g/mol. The SMILES string of the molecule is Cc1ccccc1-c1cccc(-c2cc(-c3ccc(C4CCC(C)(C)CC4)cc3)ccn2)n1. The van der Waals surface area contributed by atoms with Gasteiger partial charge in [0.1, 0.15) is 0 Å². The van der Waals surface area contributed by atoms with E-state index in [2.05, 4.69) is 98.6 Å². The molecular formula is C31H32N2. The topological polar surface area (TPSA) is 25.8 Å². The van der Waals surface area contributed by atoms with Crippen molar-refractivity contribution in [1.29, 1.82) is 0 Å². The van der Waals surface area contributed by atoms with Gasteiger partial charge in [0.2, 0.25) is 0 Å². The summed E-state index contributed by atoms with van der Waals surface area (Å²) in [6.45, 7) is 6.93. The summed E-state index contributed by atoms with van der Waals surface area (Å²) in [5.41, 5.74) is 9.58. The third-order valence-corrected chi connectivity index (χ3v) is 7.25. The lowest BCUT2D eigenvalue weighted by Gasteiger charge is -2.34. The highest BCUT2D eigenvalue weighted by molar-refractivity contribution is 5.71. The zero-order valence-electron chi connectivity index (χ0n) is 19.9. The van der Waals surface area contributed by atoms with E-state index in [-0.39, 0.29) is 0 Å². The standard InChI is InChI=1S/C31H32N2/c1-22-7-4-5-8-27(22)28-9-6-10-29(33-28)30-21-26(17-20-32-30)24-13-11-23(12-14-24)25-15-18-31(2,3)19-16-25/h4-14,17,20-21,25H,15-16,18-19H2,1-3H3. The molecule has 0 saturated heterocycles. The van der Waals surface area contributed by atoms with Crippen molar-refractivity contribution < 1.29 is 0 Å². The minimum Gasteiger partial charge on any atom is -0.255 e. The highest BCUT2D eigenvalue weighted by atomic mass is 14.8. The van der Waals surface area contributed by atoms with Crippen LogP contribution in [0.4, 0.5) is 0 Å². The van der Waals surface area contributed by atoms with Crippen molar-refractivity contribution >= 4 is 0 Å². The second-order valence-electron chi connectivity index (χ2n) is 10.2. The van der Waals surface area contributed by atoms with Gasteiger partial charge in [0.05, 0.1) is 17.1 Å². The Morgan fingerprint density at radius 1 is 0.727 bits per heavy atom. The molecule has 4 aromatic rings. The van der Waals surface area contributed by atoms with E-state index < -0.39 is 0 Å². The first-order valence-corrected chi connectivity index (χ1v) is 12.1. The highest BCUT2D eigenvalue weighted by Gasteiger charge is 2.27. The normalized spacial score (nSPS) is 16.0. The molecule has 0 amide bonds. The first kappa shape index (κ1) is 21.6. The molecule has 1 fully saturated rings. The molecule has 2 aromatic heterocycles. The Labute approximate surface area is 197 Å². The Hall–Kier alpha value is -3.26. The molecule has 0 atom stereocenters. The molecule has 33 heavy (non-hydrogen) atoms. The number of hydrogen-bond acceptors (Lipinski definition) is 2. The predicted molar refractivity (Wildman–Crippen MR) is 138 cm³/mol. The van der Waals surface area contributed by atoms with Crippen LogP contribution in [0.1, 0.15) is 56.6 Å². The Kier molecular flexibility index (Phi) is 5.85. The highest BCUT2D eigenvalue weighted by Crippen LogP contribution is 2.42. The summed E-state index contributed by atoms with van der Waals surface area (Å²) in [4.78, 5) is 9.57. The van der Waals surface area contributed by atoms with Gasteiger partial charge in [-0.2, -0.15) is 0 Å². The molecule has 2 nitrogen and oxygen atoms in total. The fourth-order valence-corrected chi connectivity index (χ4v) is 5.02. The molecule has 166 valence electrons. The molecule has 0 radical (unpaired) electrons. The first-order valence-electron chi connectivity index (χ1n) is 12.1. The van der Waals surface area contributed by atoms with Crippen molar-refractivity contribution in [2.45, 2.75) is 52.4 Å². The maximum absolute atomic E-state index is 4.93. The summed E-state index contributed by atoms with van der Waals surface area (Å²) >= 11 is 0. The van der Waals surface area contributed by atoms with Crippen LogP contribution in [0.25, 0.3) is 33.8 Å². The molecule has 2 heterocycles. The molecule has 2 aromatic carbocycles. The van der Waals surface area contributed by atoms with Gasteiger partial charge >= 0.3 is 0 Å². The predicted octanol–water partition coefficient (Wildman–Crippen LogP) is 8.47. The van der Waals surface area contributed by atoms with Gasteiger partial charge in [-0.05, 0) is 90.5 Å². The largest absolute Gasteiger partial charge is 0.255 e. The van der Waals surface area contributed by atoms with E-state index in [1.54, 1.807) is 0 Å². The van der Waals surface area contributed by atoms with Gasteiger partial charge in [-0.1, -0.05) is 68.4 Å². The minimum atomic E-state index is 0.508. The zero-order chi connectivity index (χ0) is 22.8. The number of pyridine rings is 2. The van der Waals surface area contributed by atoms with Gasteiger partial charge < -0.3 is 0 Å². The third kappa shape index (κ3) is 4.75. The fraction of sp³-hybridized carbons (Fsp3) is 0.290. The summed E-state index contributed by atoms with van der Waals surface area (Å²) < 4.78 is 0. The van der Waals surface area contributed by atoms with Crippen molar-refractivity contribution in [2.75, 3.05) is 0 Å². The number of aromatic nitrogens is 2. The number of rotatable bonds is 4. The molecule has 1 aliphatic rings. The van der Waals surface area contributed by atoms with Gasteiger partial charge in [-0.25, -0.2) is 4.98 Å². The average Bonchev–Trinajstić information content (AvgIpc) is 2.85. The van der Waals surface area contributed by atoms with Crippen molar-refractivity contribution in [2.24, 2.45) is 5.41 Å². The molecule has 0 aliphatic heterocycles. The third-order valence-electron chi connectivity index (χ3n) is 7.25. The Morgan fingerprint density at radius 2 is 1.45 bits per heavy atom. The molecule has 0 unspecified atom stereocenters. The molecule has 0 bridgehead atoms. The smallest absolute Gasteiger partial charge is 0.0893 e. The van der Waals surface area contributed by atoms with E-state index in [1.165, 1.54) is 47.9 Å². The van der Waals surface area contributed by atoms with E-state index in [9.17, 15) is 0 Å². The fourth-order valence-electron chi connectivity index (χ4n) is 5.02. The van der Waals surface area contributed by atoms with Gasteiger partial charge in [0.15, 0.2) is 0 Å². The lowest BCUT2D eigenvalue weighted by atomic mass is 9.71. The van der Waals surface area contributed by atoms with E-state index >= 15 is 0 Å². The van der Waals surface area contributed by atoms with Crippen LogP contribution in [0, 0.1) is 12.3 Å². The summed E-state index contributed by atoms with van der Waals surface area (Å²) in [6, 6.07) is 28.0. The van der Waals surface area contributed by atoms with Crippen molar-refractivity contribution in [3.8, 4) is 33.8 Å². The second-order valence-corrected chi connectivity index (χ2v) is 10.2. The van der Waals surface area contributed by atoms with Gasteiger partial charge in [0.25, 0.3) is 0 Å². The van der Waals surface area contributed by atoms with E-state index in [1.807, 2.05) is 12.3 Å². The van der Waals surface area contributed by atoms with E-state index in [0.717, 1.165) is 22.6 Å². The van der Waals surface area contributed by atoms with Crippen molar-refractivity contribution in [3.63, 3.8) is 0 Å². The number of nitrogens with zero attached hydrogens (tertiary/aromatic N) is 2. The molecule has 1 saturated carbocycles. The maximum atomic E-state index is 4.93. The van der Waals surface area contributed by atoms with E-state index in [0.29, 0.717) is 11.3 Å². The van der Waals surface area contributed by atoms with E-state index in [4.69, 9.17) is 4.98 Å². The van der Waals surface area contributed by atoms with Crippen LogP contribution >= 0.6 is 0 Å². The summed E-state index contributed by atoms with van der Waals surface area (Å²) in [5, 5.41) is 0. The minimum absolute atomic E-state index is 0.508. The van der Waals surface area contributed by atoms with Crippen molar-refractivity contribution in [3.05, 3.63) is 96.2 Å². The molecule has 1 aliphatic carbocycles. The van der Waals surface area contributed by atoms with Gasteiger partial charge in [-0.15, -0.1) is 0 Å². The Morgan fingerprint density at radius 3 is 2.21 bits per heavy atom. The van der Waals surface area contributed by atoms with Crippen LogP contribution in [0.15, 0.2) is 85.1 Å². The van der Waals surface area contributed by atoms with Gasteiger partial charge in [-0.3, -0.25) is 4.98 Å². The molecule has 5 rings (SSSR count). The molecule has 0 spiro atoms. The maximum Gasteiger partial charge on any atom is 0.0893 e. The first-order chi connectivity index (χ1) is 16.0. The number of aryl methyl sites for hydroxylation is 1. The van der Waals surface area contributed by atoms with Crippen LogP contribution in [-0.4, -0.2) is 9.97 Å². The van der Waals surface area contributed by atoms with Crippen LogP contribution in [0.3, 0.4) is 0 Å². The Bertz CT molecular complexity index is 1240. The van der Waals surface area contributed by atoms with Gasteiger partial charge in [0, 0.05) is 11.8 Å². The van der Waals surface area contributed by atoms with Crippen LogP contribution < -0.4 is 0 Å². The summed E-state index contributed by atoms with van der Waals surface area (Å²) in [7, 11) is 0. The molecule has 0 N–H and O–H groups in total. The quantitative estimate of drug-likeness (QED) is 0.323.